The van der Waals surface area contributed by atoms with Crippen LogP contribution >= 0.6 is 0 Å². The van der Waals surface area contributed by atoms with Gasteiger partial charge in [-0.25, -0.2) is 0 Å². The second kappa shape index (κ2) is 7.01. The summed E-state index contributed by atoms with van der Waals surface area (Å²) in [4.78, 5) is 25.0. The summed E-state index contributed by atoms with van der Waals surface area (Å²) < 4.78 is 0. The molecule has 0 aliphatic heterocycles. The standard InChI is InChI=1S/C21H18O2/c22-20-18(14-16-8-3-1-4-9-16)12-7-13-19(21(20)23)15-17-10-5-2-6-11-17/h1-6,8-11,14-15H,7,12-13H2/b18-14+,19-15+. The molecule has 0 unspecified atom stereocenters. The van der Waals surface area contributed by atoms with Crippen molar-refractivity contribution < 1.29 is 9.59 Å². The normalized spacial score (nSPS) is 19.1. The molecular weight excluding hydrogens is 284 g/mol. The van der Waals surface area contributed by atoms with E-state index >= 15 is 0 Å². The van der Waals surface area contributed by atoms with Crippen LogP contribution in [0.5, 0.6) is 0 Å². The fraction of sp³-hybridized carbons (Fsp3) is 0.143. The molecule has 2 nitrogen and oxygen atoms in total. The predicted molar refractivity (Wildman–Crippen MR) is 92.7 cm³/mol. The SMILES string of the molecule is O=C1C(=O)/C(=C/c2ccccc2)CCC/C1=C\c1ccccc1. The average molecular weight is 302 g/mol. The Balaban J connectivity index is 1.88. The highest BCUT2D eigenvalue weighted by Gasteiger charge is 2.25. The molecule has 0 amide bonds. The number of benzene rings is 2. The van der Waals surface area contributed by atoms with Crippen molar-refractivity contribution in [1.82, 2.24) is 0 Å². The molecular formula is C21H18O2. The van der Waals surface area contributed by atoms with E-state index in [4.69, 9.17) is 0 Å². The topological polar surface area (TPSA) is 34.1 Å². The summed E-state index contributed by atoms with van der Waals surface area (Å²) in [5, 5.41) is 0. The summed E-state index contributed by atoms with van der Waals surface area (Å²) in [6, 6.07) is 19.3. The second-order valence-electron chi connectivity index (χ2n) is 5.67. The van der Waals surface area contributed by atoms with Crippen LogP contribution in [0.1, 0.15) is 30.4 Å². The van der Waals surface area contributed by atoms with Crippen molar-refractivity contribution in [3.05, 3.63) is 82.9 Å². The molecule has 0 atom stereocenters. The maximum absolute atomic E-state index is 12.5. The van der Waals surface area contributed by atoms with Gasteiger partial charge in [0.1, 0.15) is 0 Å². The Morgan fingerprint density at radius 1 is 0.609 bits per heavy atom. The summed E-state index contributed by atoms with van der Waals surface area (Å²) in [6.07, 6.45) is 5.78. The van der Waals surface area contributed by atoms with Crippen LogP contribution in [0.3, 0.4) is 0 Å². The van der Waals surface area contributed by atoms with Crippen LogP contribution in [0.15, 0.2) is 71.8 Å². The number of carbonyl (C=O) groups is 2. The molecule has 0 N–H and O–H groups in total. The molecule has 0 saturated heterocycles. The third-order valence-corrected chi connectivity index (χ3v) is 3.96. The fourth-order valence-electron chi connectivity index (χ4n) is 2.76. The second-order valence-corrected chi connectivity index (χ2v) is 5.67. The Morgan fingerprint density at radius 3 is 1.39 bits per heavy atom. The fourth-order valence-corrected chi connectivity index (χ4v) is 2.76. The first-order valence-corrected chi connectivity index (χ1v) is 7.84. The van der Waals surface area contributed by atoms with Crippen LogP contribution in [0, 0.1) is 0 Å². The van der Waals surface area contributed by atoms with Crippen LogP contribution in [0.25, 0.3) is 12.2 Å². The molecule has 3 rings (SSSR count). The molecule has 0 bridgehead atoms. The van der Waals surface area contributed by atoms with Crippen LogP contribution < -0.4 is 0 Å². The van der Waals surface area contributed by atoms with Crippen molar-refractivity contribution in [1.29, 1.82) is 0 Å². The predicted octanol–water partition coefficient (Wildman–Crippen LogP) is 4.48. The van der Waals surface area contributed by atoms with E-state index < -0.39 is 0 Å². The largest absolute Gasteiger partial charge is 0.285 e. The first-order chi connectivity index (χ1) is 11.2. The highest BCUT2D eigenvalue weighted by atomic mass is 16.2. The molecule has 1 fully saturated rings. The quantitative estimate of drug-likeness (QED) is 0.466. The van der Waals surface area contributed by atoms with Crippen LogP contribution in [0.4, 0.5) is 0 Å². The lowest BCUT2D eigenvalue weighted by molar-refractivity contribution is -0.131. The van der Waals surface area contributed by atoms with E-state index in [0.717, 1.165) is 17.5 Å². The van der Waals surface area contributed by atoms with Crippen molar-refractivity contribution >= 4 is 23.7 Å². The molecule has 23 heavy (non-hydrogen) atoms. The molecule has 0 aromatic heterocycles. The average Bonchev–Trinajstić information content (AvgIpc) is 2.71. The number of hydrogen-bond donors (Lipinski definition) is 0. The molecule has 0 heterocycles. The van der Waals surface area contributed by atoms with Gasteiger partial charge in [0.2, 0.25) is 11.6 Å². The Labute approximate surface area is 136 Å². The minimum atomic E-state index is -0.367. The lowest BCUT2D eigenvalue weighted by Gasteiger charge is -2.02. The number of rotatable bonds is 2. The monoisotopic (exact) mass is 302 g/mol. The van der Waals surface area contributed by atoms with E-state index in [1.807, 2.05) is 72.8 Å². The summed E-state index contributed by atoms with van der Waals surface area (Å²) in [7, 11) is 0. The van der Waals surface area contributed by atoms with Gasteiger partial charge >= 0.3 is 0 Å². The zero-order valence-corrected chi connectivity index (χ0v) is 12.9. The van der Waals surface area contributed by atoms with E-state index in [9.17, 15) is 9.59 Å². The van der Waals surface area contributed by atoms with Gasteiger partial charge in [-0.05, 0) is 42.5 Å². The van der Waals surface area contributed by atoms with E-state index in [-0.39, 0.29) is 11.6 Å². The van der Waals surface area contributed by atoms with Crippen LogP contribution in [-0.2, 0) is 9.59 Å². The summed E-state index contributed by atoms with van der Waals surface area (Å²) in [6.45, 7) is 0. The van der Waals surface area contributed by atoms with Crippen molar-refractivity contribution in [3.8, 4) is 0 Å². The molecule has 2 aromatic carbocycles. The maximum Gasteiger partial charge on any atom is 0.229 e. The minimum absolute atomic E-state index is 0.367. The third kappa shape index (κ3) is 3.72. The summed E-state index contributed by atoms with van der Waals surface area (Å²) >= 11 is 0. The van der Waals surface area contributed by atoms with Crippen molar-refractivity contribution in [2.24, 2.45) is 0 Å². The highest BCUT2D eigenvalue weighted by Crippen LogP contribution is 2.24. The van der Waals surface area contributed by atoms with E-state index in [2.05, 4.69) is 0 Å². The number of ketones is 2. The smallest absolute Gasteiger partial charge is 0.229 e. The first kappa shape index (κ1) is 15.2. The zero-order valence-electron chi connectivity index (χ0n) is 12.9. The van der Waals surface area contributed by atoms with Gasteiger partial charge in [0.05, 0.1) is 0 Å². The lowest BCUT2D eigenvalue weighted by Crippen LogP contribution is -2.15. The molecule has 2 aromatic rings. The summed E-state index contributed by atoms with van der Waals surface area (Å²) in [5.74, 6) is -0.734. The van der Waals surface area contributed by atoms with E-state index in [0.29, 0.717) is 24.0 Å². The van der Waals surface area contributed by atoms with Crippen molar-refractivity contribution in [2.45, 2.75) is 19.3 Å². The zero-order chi connectivity index (χ0) is 16.1. The highest BCUT2D eigenvalue weighted by molar-refractivity contribution is 6.50. The summed E-state index contributed by atoms with van der Waals surface area (Å²) in [5.41, 5.74) is 3.13. The van der Waals surface area contributed by atoms with Gasteiger partial charge in [0.15, 0.2) is 0 Å². The molecule has 1 aliphatic rings. The minimum Gasteiger partial charge on any atom is -0.285 e. The number of allylic oxidation sites excluding steroid dienone is 2. The number of Topliss-reactive ketones (excluding diaryl/α,β-unsaturated/α-hetero) is 2. The third-order valence-electron chi connectivity index (χ3n) is 3.96. The van der Waals surface area contributed by atoms with Gasteiger partial charge in [-0.2, -0.15) is 0 Å². The Kier molecular flexibility index (Phi) is 4.62. The van der Waals surface area contributed by atoms with Gasteiger partial charge in [-0.15, -0.1) is 0 Å². The first-order valence-electron chi connectivity index (χ1n) is 7.84. The molecule has 1 aliphatic carbocycles. The number of hydrogen-bond acceptors (Lipinski definition) is 2. The van der Waals surface area contributed by atoms with Gasteiger partial charge in [0, 0.05) is 11.1 Å². The van der Waals surface area contributed by atoms with E-state index in [1.165, 1.54) is 0 Å². The molecule has 2 heteroatoms. The number of carbonyl (C=O) groups excluding carboxylic acids is 2. The Bertz CT molecular complexity index is 701. The maximum atomic E-state index is 12.5. The lowest BCUT2D eigenvalue weighted by atomic mass is 10.00. The van der Waals surface area contributed by atoms with Crippen LogP contribution in [0.2, 0.25) is 0 Å². The Morgan fingerprint density at radius 2 is 1.00 bits per heavy atom. The van der Waals surface area contributed by atoms with Gasteiger partial charge in [0.25, 0.3) is 0 Å². The van der Waals surface area contributed by atoms with Gasteiger partial charge in [-0.1, -0.05) is 60.7 Å². The van der Waals surface area contributed by atoms with Crippen molar-refractivity contribution in [2.75, 3.05) is 0 Å². The van der Waals surface area contributed by atoms with Crippen molar-refractivity contribution in [3.63, 3.8) is 0 Å². The Hall–Kier alpha value is -2.74. The van der Waals surface area contributed by atoms with Gasteiger partial charge in [-0.3, -0.25) is 9.59 Å². The van der Waals surface area contributed by atoms with Gasteiger partial charge < -0.3 is 0 Å². The molecule has 1 saturated carbocycles. The van der Waals surface area contributed by atoms with E-state index in [1.54, 1.807) is 0 Å². The molecule has 114 valence electrons. The molecule has 0 spiro atoms. The van der Waals surface area contributed by atoms with Crippen LogP contribution in [-0.4, -0.2) is 11.6 Å². The molecule has 0 radical (unpaired) electrons.